The van der Waals surface area contributed by atoms with Crippen molar-refractivity contribution in [2.75, 3.05) is 0 Å². The molecule has 1 aliphatic rings. The summed E-state index contributed by atoms with van der Waals surface area (Å²) >= 11 is 0. The highest BCUT2D eigenvalue weighted by atomic mass is 28.3. The molecule has 1 aromatic rings. The Morgan fingerprint density at radius 3 is 1.93 bits per heavy atom. The molecular formula is C25H42OSi2. The van der Waals surface area contributed by atoms with Crippen LogP contribution in [0, 0.1) is 0 Å². The first-order valence-electron chi connectivity index (χ1n) is 11.6. The van der Waals surface area contributed by atoms with Gasteiger partial charge in [-0.2, -0.15) is 0 Å². The first-order valence-corrected chi connectivity index (χ1v) is 13.6. The minimum Gasteiger partial charge on any atom is -0.495 e. The number of fused-ring (bicyclic) bond motifs is 1. The average molecular weight is 415 g/mol. The zero-order valence-corrected chi connectivity index (χ0v) is 21.3. The molecule has 2 rings (SSSR count). The molecule has 3 heteroatoms. The lowest BCUT2D eigenvalue weighted by Gasteiger charge is -2.46. The van der Waals surface area contributed by atoms with Crippen LogP contribution in [0.5, 0.6) is 5.75 Å². The molecule has 0 amide bonds. The van der Waals surface area contributed by atoms with E-state index in [2.05, 4.69) is 65.8 Å². The summed E-state index contributed by atoms with van der Waals surface area (Å²) in [5.41, 5.74) is 1.40. The molecule has 0 aromatic heterocycles. The Labute approximate surface area is 180 Å². The molecule has 156 valence electrons. The summed E-state index contributed by atoms with van der Waals surface area (Å²) in [6, 6.07) is 8.75. The van der Waals surface area contributed by atoms with E-state index in [-0.39, 0.29) is 4.85 Å². The number of hydrogen-bond donors (Lipinski definition) is 0. The van der Waals surface area contributed by atoms with Crippen LogP contribution in [-0.2, 0) is 6.42 Å². The number of rotatable bonds is 12. The highest BCUT2D eigenvalue weighted by Gasteiger charge is 2.45. The fourth-order valence-electron chi connectivity index (χ4n) is 4.42. The third-order valence-electron chi connectivity index (χ3n) is 5.89. The second-order valence-corrected chi connectivity index (χ2v) is 15.3. The van der Waals surface area contributed by atoms with Crippen molar-refractivity contribution in [3.63, 3.8) is 0 Å². The van der Waals surface area contributed by atoms with Gasteiger partial charge in [0.15, 0.2) is 0 Å². The van der Waals surface area contributed by atoms with Crippen molar-refractivity contribution < 1.29 is 4.74 Å². The monoisotopic (exact) mass is 414 g/mol. The van der Waals surface area contributed by atoms with Crippen LogP contribution in [0.2, 0.25) is 10.1 Å². The van der Waals surface area contributed by atoms with Crippen LogP contribution >= 0.6 is 0 Å². The second kappa shape index (κ2) is 10.5. The standard InChI is InChI=1S/C25H42OSi2/c1-7-9-13-18-23(3,4)27-25(28-24(5,6)19-14-10-8-2)20-17-21-15-11-12-16-22(21)26-25/h11-12,15-16H,7-10,13-14,17-20H2,1-6H3. The van der Waals surface area contributed by atoms with Crippen molar-refractivity contribution in [2.24, 2.45) is 0 Å². The molecule has 0 spiro atoms. The van der Waals surface area contributed by atoms with Crippen molar-refractivity contribution in [2.45, 2.75) is 121 Å². The van der Waals surface area contributed by atoms with Gasteiger partial charge in [-0.15, -0.1) is 0 Å². The smallest absolute Gasteiger partial charge is 0.122 e. The number of hydrogen-bond acceptors (Lipinski definition) is 1. The Morgan fingerprint density at radius 1 is 0.857 bits per heavy atom. The summed E-state index contributed by atoms with van der Waals surface area (Å²) in [5.74, 6) is 1.16. The maximum absolute atomic E-state index is 6.93. The van der Waals surface area contributed by atoms with E-state index >= 15 is 0 Å². The predicted molar refractivity (Wildman–Crippen MR) is 126 cm³/mol. The minimum absolute atomic E-state index is 0.0415. The van der Waals surface area contributed by atoms with Gasteiger partial charge in [-0.1, -0.05) is 111 Å². The zero-order valence-electron chi connectivity index (χ0n) is 19.3. The Balaban J connectivity index is 2.19. The van der Waals surface area contributed by atoms with Gasteiger partial charge in [-0.05, 0) is 34.5 Å². The maximum Gasteiger partial charge on any atom is 0.122 e. The van der Waals surface area contributed by atoms with Gasteiger partial charge in [0.1, 0.15) is 24.8 Å². The normalized spacial score (nSPS) is 16.5. The summed E-state index contributed by atoms with van der Waals surface area (Å²) in [6.07, 6.45) is 13.0. The molecule has 0 fully saturated rings. The minimum atomic E-state index is 0.0415. The van der Waals surface area contributed by atoms with Crippen molar-refractivity contribution in [3.8, 4) is 5.75 Å². The highest BCUT2D eigenvalue weighted by molar-refractivity contribution is 6.65. The molecule has 0 atom stereocenters. The van der Waals surface area contributed by atoms with E-state index in [0.717, 1.165) is 24.8 Å². The quantitative estimate of drug-likeness (QED) is 0.252. The topological polar surface area (TPSA) is 9.23 Å². The van der Waals surface area contributed by atoms with E-state index in [0.29, 0.717) is 10.1 Å². The molecule has 0 unspecified atom stereocenters. The van der Waals surface area contributed by atoms with E-state index < -0.39 is 0 Å². The van der Waals surface area contributed by atoms with E-state index in [1.165, 1.54) is 69.8 Å². The van der Waals surface area contributed by atoms with Gasteiger partial charge in [0.05, 0.1) is 4.85 Å². The van der Waals surface area contributed by atoms with Gasteiger partial charge in [-0.3, -0.25) is 0 Å². The molecule has 28 heavy (non-hydrogen) atoms. The highest BCUT2D eigenvalue weighted by Crippen LogP contribution is 2.44. The van der Waals surface area contributed by atoms with Crippen LogP contribution in [0.25, 0.3) is 0 Å². The van der Waals surface area contributed by atoms with Crippen LogP contribution in [0.15, 0.2) is 24.3 Å². The second-order valence-electron chi connectivity index (χ2n) is 9.97. The molecule has 1 nitrogen and oxygen atoms in total. The molecule has 0 bridgehead atoms. The number of ether oxygens (including phenoxy) is 1. The van der Waals surface area contributed by atoms with Crippen LogP contribution in [0.4, 0.5) is 0 Å². The van der Waals surface area contributed by atoms with E-state index in [1.807, 2.05) is 0 Å². The predicted octanol–water partition coefficient (Wildman–Crippen LogP) is 7.63. The van der Waals surface area contributed by atoms with Crippen molar-refractivity contribution in [1.82, 2.24) is 0 Å². The lowest BCUT2D eigenvalue weighted by molar-refractivity contribution is 0.192. The summed E-state index contributed by atoms with van der Waals surface area (Å²) < 4.78 is 6.93. The molecule has 0 N–H and O–H groups in total. The molecule has 1 heterocycles. The van der Waals surface area contributed by atoms with Crippen LogP contribution in [-0.4, -0.2) is 23.9 Å². The molecule has 0 saturated heterocycles. The summed E-state index contributed by atoms with van der Waals surface area (Å²) in [5, 5.41) is 0.738. The lowest BCUT2D eigenvalue weighted by Crippen LogP contribution is -2.56. The molecule has 0 aliphatic carbocycles. The summed E-state index contributed by atoms with van der Waals surface area (Å²) in [4.78, 5) is 0.0415. The fraction of sp³-hybridized carbons (Fsp3) is 0.760. The van der Waals surface area contributed by atoms with Gasteiger partial charge in [0.25, 0.3) is 0 Å². The molecule has 4 radical (unpaired) electrons. The van der Waals surface area contributed by atoms with Gasteiger partial charge in [-0.25, -0.2) is 0 Å². The van der Waals surface area contributed by atoms with Gasteiger partial charge < -0.3 is 4.74 Å². The maximum atomic E-state index is 6.93. The number of aryl methyl sites for hydroxylation is 1. The first-order chi connectivity index (χ1) is 13.2. The fourth-order valence-corrected chi connectivity index (χ4v) is 10.3. The van der Waals surface area contributed by atoms with Crippen LogP contribution in [0.3, 0.4) is 0 Å². The van der Waals surface area contributed by atoms with Crippen molar-refractivity contribution in [3.05, 3.63) is 29.8 Å². The van der Waals surface area contributed by atoms with Gasteiger partial charge >= 0.3 is 0 Å². The third-order valence-corrected chi connectivity index (χ3v) is 10.0. The Bertz CT molecular complexity index is 570. The zero-order chi connectivity index (χ0) is 20.7. The number of para-hydroxylation sites is 1. The van der Waals surface area contributed by atoms with Gasteiger partial charge in [0.2, 0.25) is 0 Å². The largest absolute Gasteiger partial charge is 0.495 e. The van der Waals surface area contributed by atoms with Gasteiger partial charge in [0, 0.05) is 0 Å². The molecule has 0 saturated carbocycles. The van der Waals surface area contributed by atoms with E-state index in [4.69, 9.17) is 4.74 Å². The summed E-state index contributed by atoms with van der Waals surface area (Å²) in [6.45, 7) is 14.6. The SMILES string of the molecule is CCCCCC(C)(C)[Si]C1([Si]C(C)(C)CCCCC)CCc2ccccc2O1. The Kier molecular flexibility index (Phi) is 8.88. The van der Waals surface area contributed by atoms with E-state index in [9.17, 15) is 0 Å². The van der Waals surface area contributed by atoms with Crippen molar-refractivity contribution in [1.29, 1.82) is 0 Å². The summed E-state index contributed by atoms with van der Waals surface area (Å²) in [7, 11) is 1.74. The van der Waals surface area contributed by atoms with E-state index in [1.54, 1.807) is 0 Å². The van der Waals surface area contributed by atoms with Crippen molar-refractivity contribution >= 4 is 19.0 Å². The third kappa shape index (κ3) is 7.37. The Hall–Kier alpha value is -0.546. The van der Waals surface area contributed by atoms with Crippen LogP contribution < -0.4 is 4.74 Å². The average Bonchev–Trinajstić information content (AvgIpc) is 2.60. The lowest BCUT2D eigenvalue weighted by atomic mass is 10.0. The molecular weight excluding hydrogens is 372 g/mol. The molecule has 1 aromatic carbocycles. The Morgan fingerprint density at radius 2 is 1.39 bits per heavy atom. The first kappa shape index (κ1) is 23.7. The number of benzene rings is 1. The number of unbranched alkanes of at least 4 members (excludes halogenated alkanes) is 4. The molecule has 1 aliphatic heterocycles. The van der Waals surface area contributed by atoms with Crippen LogP contribution in [0.1, 0.15) is 105 Å².